The van der Waals surface area contributed by atoms with Crippen LogP contribution in [0.1, 0.15) is 23.1 Å². The lowest BCUT2D eigenvalue weighted by atomic mass is 10.1. The molecule has 19 heavy (non-hydrogen) atoms. The van der Waals surface area contributed by atoms with Gasteiger partial charge in [0.15, 0.2) is 0 Å². The van der Waals surface area contributed by atoms with Crippen molar-refractivity contribution in [3.8, 4) is 0 Å². The Labute approximate surface area is 110 Å². The normalized spacial score (nSPS) is 10.8. The SMILES string of the molecule is Cc1cc(NCc2ccc(C(F)F)cc2)ccc1F. The fourth-order valence-electron chi connectivity index (χ4n) is 1.74. The van der Waals surface area contributed by atoms with E-state index in [2.05, 4.69) is 5.32 Å². The van der Waals surface area contributed by atoms with Crippen LogP contribution in [0.25, 0.3) is 0 Å². The van der Waals surface area contributed by atoms with Crippen LogP contribution >= 0.6 is 0 Å². The molecule has 0 fully saturated rings. The van der Waals surface area contributed by atoms with Gasteiger partial charge in [-0.05, 0) is 36.2 Å². The lowest BCUT2D eigenvalue weighted by molar-refractivity contribution is 0.151. The van der Waals surface area contributed by atoms with Crippen molar-refractivity contribution in [2.75, 3.05) is 5.32 Å². The summed E-state index contributed by atoms with van der Waals surface area (Å²) in [6.45, 7) is 2.20. The number of aryl methyl sites for hydroxylation is 1. The van der Waals surface area contributed by atoms with Crippen molar-refractivity contribution in [2.24, 2.45) is 0 Å². The Bertz CT molecular complexity index is 550. The van der Waals surface area contributed by atoms with E-state index >= 15 is 0 Å². The van der Waals surface area contributed by atoms with E-state index in [-0.39, 0.29) is 11.4 Å². The van der Waals surface area contributed by atoms with E-state index in [1.807, 2.05) is 0 Å². The Morgan fingerprint density at radius 1 is 1.05 bits per heavy atom. The van der Waals surface area contributed by atoms with E-state index in [1.165, 1.54) is 18.2 Å². The maximum Gasteiger partial charge on any atom is 0.263 e. The maximum atomic E-state index is 13.1. The molecule has 1 nitrogen and oxygen atoms in total. The molecule has 2 aromatic rings. The number of alkyl halides is 2. The third-order valence-electron chi connectivity index (χ3n) is 2.89. The predicted molar refractivity (Wildman–Crippen MR) is 69.9 cm³/mol. The number of benzene rings is 2. The molecule has 0 aliphatic heterocycles. The van der Waals surface area contributed by atoms with Crippen LogP contribution in [0.5, 0.6) is 0 Å². The van der Waals surface area contributed by atoms with Gasteiger partial charge < -0.3 is 5.32 Å². The minimum atomic E-state index is -2.44. The van der Waals surface area contributed by atoms with Gasteiger partial charge in [-0.3, -0.25) is 0 Å². The molecule has 0 aliphatic rings. The van der Waals surface area contributed by atoms with Crippen molar-refractivity contribution in [3.63, 3.8) is 0 Å². The minimum Gasteiger partial charge on any atom is -0.381 e. The van der Waals surface area contributed by atoms with Gasteiger partial charge in [0.05, 0.1) is 0 Å². The molecule has 0 spiro atoms. The molecule has 0 bridgehead atoms. The lowest BCUT2D eigenvalue weighted by Crippen LogP contribution is -2.00. The van der Waals surface area contributed by atoms with Crippen LogP contribution in [-0.2, 0) is 6.54 Å². The zero-order chi connectivity index (χ0) is 13.8. The zero-order valence-corrected chi connectivity index (χ0v) is 10.5. The van der Waals surface area contributed by atoms with E-state index < -0.39 is 6.43 Å². The quantitative estimate of drug-likeness (QED) is 0.846. The predicted octanol–water partition coefficient (Wildman–Crippen LogP) is 4.68. The molecule has 0 aliphatic carbocycles. The Morgan fingerprint density at radius 3 is 2.32 bits per heavy atom. The van der Waals surface area contributed by atoms with Gasteiger partial charge in [0.25, 0.3) is 6.43 Å². The summed E-state index contributed by atoms with van der Waals surface area (Å²) in [5, 5.41) is 3.12. The van der Waals surface area contributed by atoms with E-state index in [1.54, 1.807) is 31.2 Å². The highest BCUT2D eigenvalue weighted by Crippen LogP contribution is 2.19. The molecule has 0 atom stereocenters. The van der Waals surface area contributed by atoms with Crippen LogP contribution < -0.4 is 5.32 Å². The van der Waals surface area contributed by atoms with Crippen molar-refractivity contribution in [3.05, 3.63) is 65.0 Å². The summed E-state index contributed by atoms with van der Waals surface area (Å²) in [5.41, 5.74) is 2.28. The van der Waals surface area contributed by atoms with Crippen molar-refractivity contribution >= 4 is 5.69 Å². The summed E-state index contributed by atoms with van der Waals surface area (Å²) < 4.78 is 37.8. The van der Waals surface area contributed by atoms with Crippen LogP contribution in [0.4, 0.5) is 18.9 Å². The molecule has 4 heteroatoms. The number of hydrogen-bond donors (Lipinski definition) is 1. The number of rotatable bonds is 4. The van der Waals surface area contributed by atoms with Gasteiger partial charge in [-0.25, -0.2) is 13.2 Å². The molecule has 0 aromatic heterocycles. The molecule has 100 valence electrons. The zero-order valence-electron chi connectivity index (χ0n) is 10.5. The molecule has 0 saturated heterocycles. The standard InChI is InChI=1S/C15H14F3N/c1-10-8-13(6-7-14(10)16)19-9-11-2-4-12(5-3-11)15(17)18/h2-8,15,19H,9H2,1H3. The molecular formula is C15H14F3N. The largest absolute Gasteiger partial charge is 0.381 e. The first-order chi connectivity index (χ1) is 9.06. The van der Waals surface area contributed by atoms with Gasteiger partial charge in [-0.2, -0.15) is 0 Å². The third-order valence-corrected chi connectivity index (χ3v) is 2.89. The molecule has 1 N–H and O–H groups in total. The lowest BCUT2D eigenvalue weighted by Gasteiger charge is -2.08. The fraction of sp³-hybridized carbons (Fsp3) is 0.200. The molecule has 2 aromatic carbocycles. The summed E-state index contributed by atoms with van der Waals surface area (Å²) >= 11 is 0. The smallest absolute Gasteiger partial charge is 0.263 e. The average Bonchev–Trinajstić information content (AvgIpc) is 2.40. The Hall–Kier alpha value is -1.97. The van der Waals surface area contributed by atoms with Gasteiger partial charge in [0.2, 0.25) is 0 Å². The monoisotopic (exact) mass is 265 g/mol. The average molecular weight is 265 g/mol. The molecule has 0 amide bonds. The van der Waals surface area contributed by atoms with E-state index in [4.69, 9.17) is 0 Å². The van der Waals surface area contributed by atoms with Gasteiger partial charge in [-0.15, -0.1) is 0 Å². The molecule has 0 saturated carbocycles. The second kappa shape index (κ2) is 5.78. The molecule has 2 rings (SSSR count). The summed E-state index contributed by atoms with van der Waals surface area (Å²) in [5.74, 6) is -0.244. The van der Waals surface area contributed by atoms with Crippen molar-refractivity contribution in [1.29, 1.82) is 0 Å². The Balaban J connectivity index is 2.00. The van der Waals surface area contributed by atoms with Crippen LogP contribution in [0.15, 0.2) is 42.5 Å². The number of hydrogen-bond acceptors (Lipinski definition) is 1. The second-order valence-electron chi connectivity index (χ2n) is 4.36. The molecule has 0 unspecified atom stereocenters. The molecule has 0 radical (unpaired) electrons. The molecule has 0 heterocycles. The highest BCUT2D eigenvalue weighted by atomic mass is 19.3. The first-order valence-electron chi connectivity index (χ1n) is 5.93. The van der Waals surface area contributed by atoms with Crippen molar-refractivity contribution < 1.29 is 13.2 Å². The highest BCUT2D eigenvalue weighted by molar-refractivity contribution is 5.46. The minimum absolute atomic E-state index is 0.0152. The second-order valence-corrected chi connectivity index (χ2v) is 4.36. The van der Waals surface area contributed by atoms with E-state index in [9.17, 15) is 13.2 Å². The fourth-order valence-corrected chi connectivity index (χ4v) is 1.74. The number of anilines is 1. The Kier molecular flexibility index (Phi) is 4.10. The highest BCUT2D eigenvalue weighted by Gasteiger charge is 2.05. The third kappa shape index (κ3) is 3.50. The maximum absolute atomic E-state index is 13.1. The van der Waals surface area contributed by atoms with E-state index in [0.29, 0.717) is 12.1 Å². The topological polar surface area (TPSA) is 12.0 Å². The van der Waals surface area contributed by atoms with Crippen LogP contribution in [0.2, 0.25) is 0 Å². The Morgan fingerprint density at radius 2 is 1.74 bits per heavy atom. The van der Waals surface area contributed by atoms with Gasteiger partial charge in [-0.1, -0.05) is 24.3 Å². The van der Waals surface area contributed by atoms with Gasteiger partial charge >= 0.3 is 0 Å². The number of halogens is 3. The van der Waals surface area contributed by atoms with Crippen LogP contribution in [0.3, 0.4) is 0 Å². The summed E-state index contributed by atoms with van der Waals surface area (Å²) in [4.78, 5) is 0. The first kappa shape index (κ1) is 13.5. The van der Waals surface area contributed by atoms with Gasteiger partial charge in [0, 0.05) is 17.8 Å². The van der Waals surface area contributed by atoms with Crippen molar-refractivity contribution in [1.82, 2.24) is 0 Å². The van der Waals surface area contributed by atoms with E-state index in [0.717, 1.165) is 11.3 Å². The van der Waals surface area contributed by atoms with Crippen LogP contribution in [-0.4, -0.2) is 0 Å². The van der Waals surface area contributed by atoms with Crippen LogP contribution in [0, 0.1) is 12.7 Å². The summed E-state index contributed by atoms with van der Waals surface area (Å²) in [7, 11) is 0. The summed E-state index contributed by atoms with van der Waals surface area (Å²) in [6, 6.07) is 10.9. The molecular weight excluding hydrogens is 251 g/mol. The van der Waals surface area contributed by atoms with Crippen molar-refractivity contribution in [2.45, 2.75) is 19.9 Å². The summed E-state index contributed by atoms with van der Waals surface area (Å²) in [6.07, 6.45) is -2.44. The number of nitrogens with one attached hydrogen (secondary N) is 1. The first-order valence-corrected chi connectivity index (χ1v) is 5.93. The van der Waals surface area contributed by atoms with Gasteiger partial charge in [0.1, 0.15) is 5.82 Å².